The van der Waals surface area contributed by atoms with E-state index >= 15 is 0 Å². The molecule has 0 aromatic rings. The topological polar surface area (TPSA) is 61.6 Å². The number of likely N-dealkylation sites (N-methyl/N-ethyl adjacent to an activating group) is 1. The number of nitrogens with one attached hydrogen (secondary N) is 1. The van der Waals surface area contributed by atoms with Crippen LogP contribution in [0.3, 0.4) is 0 Å². The van der Waals surface area contributed by atoms with Crippen LogP contribution in [0.4, 0.5) is 0 Å². The van der Waals surface area contributed by atoms with Crippen molar-refractivity contribution in [3.8, 4) is 0 Å². The molecule has 1 aliphatic heterocycles. The summed E-state index contributed by atoms with van der Waals surface area (Å²) in [6.07, 6.45) is 3.46. The number of rotatable bonds is 6. The first-order valence-electron chi connectivity index (χ1n) is 5.63. The highest BCUT2D eigenvalue weighted by Gasteiger charge is 2.24. The molecule has 5 heteroatoms. The molecule has 1 saturated heterocycles. The summed E-state index contributed by atoms with van der Waals surface area (Å²) in [6, 6.07) is 0. The molecule has 1 aliphatic rings. The van der Waals surface area contributed by atoms with Gasteiger partial charge in [0.25, 0.3) is 0 Å². The van der Waals surface area contributed by atoms with Gasteiger partial charge >= 0.3 is 0 Å². The number of nitrogens with two attached hydrogens (primary N) is 1. The van der Waals surface area contributed by atoms with Gasteiger partial charge in [-0.15, -0.1) is 0 Å². The molecule has 0 atom stereocenters. The predicted octanol–water partition coefficient (Wildman–Crippen LogP) is -0.932. The minimum Gasteiger partial charge on any atom is -0.352 e. The molecule has 1 heterocycles. The zero-order chi connectivity index (χ0) is 12.0. The molecular weight excluding hydrogens is 204 g/mol. The lowest BCUT2D eigenvalue weighted by Crippen LogP contribution is -2.53. The van der Waals surface area contributed by atoms with E-state index in [1.54, 1.807) is 6.08 Å². The zero-order valence-corrected chi connectivity index (χ0v) is 10.1. The van der Waals surface area contributed by atoms with Crippen LogP contribution in [0.1, 0.15) is 0 Å². The summed E-state index contributed by atoms with van der Waals surface area (Å²) in [5.41, 5.74) is 5.47. The van der Waals surface area contributed by atoms with Crippen LogP contribution < -0.4 is 11.1 Å². The number of carbonyl (C=O) groups excluding carboxylic acids is 1. The quantitative estimate of drug-likeness (QED) is 0.574. The number of amides is 1. The van der Waals surface area contributed by atoms with E-state index in [2.05, 4.69) is 10.2 Å². The van der Waals surface area contributed by atoms with Crippen molar-refractivity contribution >= 4 is 5.91 Å². The minimum atomic E-state index is -0.00644. The Labute approximate surface area is 97.3 Å². The average molecular weight is 226 g/mol. The van der Waals surface area contributed by atoms with Crippen molar-refractivity contribution in [1.82, 2.24) is 15.1 Å². The molecule has 0 spiro atoms. The van der Waals surface area contributed by atoms with Crippen molar-refractivity contribution in [2.45, 2.75) is 0 Å². The third-order valence-corrected chi connectivity index (χ3v) is 2.60. The number of carbonyl (C=O) groups is 1. The van der Waals surface area contributed by atoms with E-state index in [4.69, 9.17) is 5.73 Å². The van der Waals surface area contributed by atoms with E-state index in [1.165, 1.54) is 0 Å². The monoisotopic (exact) mass is 226 g/mol. The van der Waals surface area contributed by atoms with Gasteiger partial charge in [-0.25, -0.2) is 0 Å². The van der Waals surface area contributed by atoms with Gasteiger partial charge in [0.2, 0.25) is 5.91 Å². The zero-order valence-electron chi connectivity index (χ0n) is 10.1. The predicted molar refractivity (Wildman–Crippen MR) is 64.8 cm³/mol. The highest BCUT2D eigenvalue weighted by Crippen LogP contribution is 2.11. The van der Waals surface area contributed by atoms with E-state index in [9.17, 15) is 4.79 Å². The third-order valence-electron chi connectivity index (χ3n) is 2.60. The van der Waals surface area contributed by atoms with Crippen LogP contribution in [0.5, 0.6) is 0 Å². The van der Waals surface area contributed by atoms with Crippen molar-refractivity contribution in [2.24, 2.45) is 11.7 Å². The summed E-state index contributed by atoms with van der Waals surface area (Å²) < 4.78 is 0. The van der Waals surface area contributed by atoms with E-state index in [1.807, 2.05) is 25.1 Å². The molecule has 16 heavy (non-hydrogen) atoms. The molecule has 1 fully saturated rings. The molecule has 0 saturated carbocycles. The van der Waals surface area contributed by atoms with Crippen LogP contribution in [0.15, 0.2) is 12.2 Å². The first-order valence-corrected chi connectivity index (χ1v) is 5.63. The van der Waals surface area contributed by atoms with Gasteiger partial charge in [-0.1, -0.05) is 6.08 Å². The van der Waals surface area contributed by atoms with Crippen molar-refractivity contribution in [3.63, 3.8) is 0 Å². The van der Waals surface area contributed by atoms with Gasteiger partial charge in [0.1, 0.15) is 0 Å². The van der Waals surface area contributed by atoms with Crippen LogP contribution in [0.25, 0.3) is 0 Å². The van der Waals surface area contributed by atoms with Crippen molar-refractivity contribution in [3.05, 3.63) is 12.2 Å². The van der Waals surface area contributed by atoms with E-state index in [0.29, 0.717) is 12.6 Å². The third kappa shape index (κ3) is 4.74. The van der Waals surface area contributed by atoms with Crippen LogP contribution in [0, 0.1) is 5.92 Å². The second-order valence-corrected chi connectivity index (χ2v) is 4.49. The second-order valence-electron chi connectivity index (χ2n) is 4.49. The van der Waals surface area contributed by atoms with Crippen LogP contribution >= 0.6 is 0 Å². The molecular formula is C11H22N4O. The highest BCUT2D eigenvalue weighted by atomic mass is 16.1. The summed E-state index contributed by atoms with van der Waals surface area (Å²) in [7, 11) is 3.94. The summed E-state index contributed by atoms with van der Waals surface area (Å²) in [4.78, 5) is 15.5. The largest absolute Gasteiger partial charge is 0.352 e. The smallest absolute Gasteiger partial charge is 0.243 e. The maximum absolute atomic E-state index is 11.4. The lowest BCUT2D eigenvalue weighted by molar-refractivity contribution is -0.117. The fourth-order valence-electron chi connectivity index (χ4n) is 1.63. The Morgan fingerprint density at radius 3 is 2.81 bits per heavy atom. The Kier molecular flexibility index (Phi) is 5.45. The molecule has 0 aromatic heterocycles. The number of hydrogen-bond donors (Lipinski definition) is 2. The Balaban J connectivity index is 2.05. The Bertz CT molecular complexity index is 246. The van der Waals surface area contributed by atoms with Gasteiger partial charge in [-0.2, -0.15) is 0 Å². The maximum Gasteiger partial charge on any atom is 0.243 e. The van der Waals surface area contributed by atoms with Gasteiger partial charge in [0, 0.05) is 44.8 Å². The Morgan fingerprint density at radius 2 is 2.25 bits per heavy atom. The highest BCUT2D eigenvalue weighted by molar-refractivity contribution is 5.87. The molecule has 3 N–H and O–H groups in total. The summed E-state index contributed by atoms with van der Waals surface area (Å²) in [6.45, 7) is 4.16. The molecule has 1 amide bonds. The molecule has 0 unspecified atom stereocenters. The molecule has 1 rings (SSSR count). The molecule has 0 aromatic carbocycles. The van der Waals surface area contributed by atoms with Crippen LogP contribution in [0.2, 0.25) is 0 Å². The van der Waals surface area contributed by atoms with E-state index in [0.717, 1.165) is 26.2 Å². The SMILES string of the molecule is CN(C)C/C=C/C(=O)NCC1CN(CN)C1. The summed E-state index contributed by atoms with van der Waals surface area (Å²) >= 11 is 0. The number of hydrogen-bond acceptors (Lipinski definition) is 4. The van der Waals surface area contributed by atoms with Crippen molar-refractivity contribution in [1.29, 1.82) is 0 Å². The Morgan fingerprint density at radius 1 is 1.56 bits per heavy atom. The molecule has 0 aliphatic carbocycles. The molecule has 5 nitrogen and oxygen atoms in total. The first kappa shape index (κ1) is 13.2. The lowest BCUT2D eigenvalue weighted by atomic mass is 10.0. The van der Waals surface area contributed by atoms with Gasteiger partial charge in [-0.05, 0) is 14.1 Å². The van der Waals surface area contributed by atoms with Crippen LogP contribution in [-0.4, -0.2) is 62.7 Å². The molecule has 0 radical (unpaired) electrons. The normalized spacial score (nSPS) is 18.0. The molecule has 92 valence electrons. The van der Waals surface area contributed by atoms with Gasteiger partial charge < -0.3 is 16.0 Å². The van der Waals surface area contributed by atoms with Gasteiger partial charge in [0.05, 0.1) is 0 Å². The summed E-state index contributed by atoms with van der Waals surface area (Å²) in [5.74, 6) is 0.558. The number of nitrogens with zero attached hydrogens (tertiary/aromatic N) is 2. The standard InChI is InChI=1S/C11H22N4O/c1-14(2)5-3-4-11(16)13-6-10-7-15(8-10)9-12/h3-4,10H,5-9,12H2,1-2H3,(H,13,16)/b4-3+. The number of likely N-dealkylation sites (tertiary alicyclic amines) is 1. The first-order chi connectivity index (χ1) is 7.61. The van der Waals surface area contributed by atoms with Gasteiger partial charge in [0.15, 0.2) is 0 Å². The van der Waals surface area contributed by atoms with E-state index < -0.39 is 0 Å². The average Bonchev–Trinajstić information content (AvgIpc) is 2.15. The fraction of sp³-hybridized carbons (Fsp3) is 0.727. The second kappa shape index (κ2) is 6.62. The van der Waals surface area contributed by atoms with Crippen LogP contribution in [-0.2, 0) is 4.79 Å². The minimum absolute atomic E-state index is 0.00644. The fourth-order valence-corrected chi connectivity index (χ4v) is 1.63. The Hall–Kier alpha value is -0.910. The summed E-state index contributed by atoms with van der Waals surface area (Å²) in [5, 5.41) is 2.89. The van der Waals surface area contributed by atoms with E-state index in [-0.39, 0.29) is 5.91 Å². The maximum atomic E-state index is 11.4. The molecule has 0 bridgehead atoms. The lowest BCUT2D eigenvalue weighted by Gasteiger charge is -2.38. The van der Waals surface area contributed by atoms with Gasteiger partial charge in [-0.3, -0.25) is 9.69 Å². The van der Waals surface area contributed by atoms with Crippen molar-refractivity contribution in [2.75, 3.05) is 46.9 Å². The van der Waals surface area contributed by atoms with Crippen molar-refractivity contribution < 1.29 is 4.79 Å².